The normalized spacial score (nSPS) is 11.0. The third kappa shape index (κ3) is 4.42. The Labute approximate surface area is 151 Å². The van der Waals surface area contributed by atoms with E-state index in [0.717, 1.165) is 10.6 Å². The molecule has 0 bridgehead atoms. The Morgan fingerprint density at radius 3 is 2.38 bits per heavy atom. The summed E-state index contributed by atoms with van der Waals surface area (Å²) in [5.74, 6) is -1.18. The molecule has 1 aromatic carbocycles. The molecule has 1 heterocycles. The van der Waals surface area contributed by atoms with E-state index < -0.39 is 22.0 Å². The van der Waals surface area contributed by atoms with Crippen LogP contribution >= 0.6 is 0 Å². The van der Waals surface area contributed by atoms with Crippen molar-refractivity contribution in [2.45, 2.75) is 13.5 Å². The summed E-state index contributed by atoms with van der Waals surface area (Å²) >= 11 is 0. The minimum Gasteiger partial charge on any atom is -0.465 e. The Morgan fingerprint density at radius 2 is 1.73 bits per heavy atom. The lowest BCUT2D eigenvalue weighted by atomic mass is 10.2. The Balaban J connectivity index is 2.18. The van der Waals surface area contributed by atoms with Crippen LogP contribution in [0.5, 0.6) is 0 Å². The van der Waals surface area contributed by atoms with Crippen molar-refractivity contribution in [1.82, 2.24) is 0 Å². The van der Waals surface area contributed by atoms with Gasteiger partial charge in [0.05, 0.1) is 30.4 Å². The van der Waals surface area contributed by atoms with Crippen molar-refractivity contribution in [2.75, 3.05) is 24.2 Å². The predicted molar refractivity (Wildman–Crippen MR) is 93.5 cm³/mol. The van der Waals surface area contributed by atoms with E-state index in [1.165, 1.54) is 31.5 Å². The first kappa shape index (κ1) is 19.5. The van der Waals surface area contributed by atoms with Gasteiger partial charge in [-0.15, -0.1) is 0 Å². The number of ether oxygens (including phenoxy) is 2. The van der Waals surface area contributed by atoms with Crippen molar-refractivity contribution in [2.24, 2.45) is 0 Å². The van der Waals surface area contributed by atoms with Crippen molar-refractivity contribution in [3.63, 3.8) is 0 Å². The quantitative estimate of drug-likeness (QED) is 0.677. The van der Waals surface area contributed by atoms with Crippen molar-refractivity contribution < 1.29 is 31.9 Å². The van der Waals surface area contributed by atoms with E-state index >= 15 is 0 Å². The summed E-state index contributed by atoms with van der Waals surface area (Å²) in [6.07, 6.45) is 2.32. The Bertz CT molecular complexity index is 901. The minimum absolute atomic E-state index is 0.0738. The van der Waals surface area contributed by atoms with Crippen LogP contribution in [0.25, 0.3) is 0 Å². The number of para-hydroxylation sites is 1. The van der Waals surface area contributed by atoms with Gasteiger partial charge in [0.25, 0.3) is 0 Å². The smallest absolute Gasteiger partial charge is 0.341 e. The number of carbonyl (C=O) groups excluding carboxylic acids is 2. The molecule has 0 fully saturated rings. The van der Waals surface area contributed by atoms with Crippen molar-refractivity contribution in [3.05, 3.63) is 53.5 Å². The third-order valence-electron chi connectivity index (χ3n) is 3.54. The second-order valence-corrected chi connectivity index (χ2v) is 7.32. The highest BCUT2D eigenvalue weighted by atomic mass is 32.2. The van der Waals surface area contributed by atoms with Gasteiger partial charge in [0.1, 0.15) is 5.56 Å². The highest BCUT2D eigenvalue weighted by molar-refractivity contribution is 7.92. The number of benzene rings is 1. The second-order valence-electron chi connectivity index (χ2n) is 5.30. The molecule has 8 nitrogen and oxygen atoms in total. The van der Waals surface area contributed by atoms with Gasteiger partial charge in [0.15, 0.2) is 12.4 Å². The molecule has 0 N–H and O–H groups in total. The number of carbonyl (C=O) groups is 2. The molecule has 0 amide bonds. The number of furan rings is 1. The van der Waals surface area contributed by atoms with Gasteiger partial charge in [-0.25, -0.2) is 18.0 Å². The number of nitrogens with zero attached hydrogens (tertiary/aromatic N) is 1. The molecule has 1 aromatic heterocycles. The molecule has 26 heavy (non-hydrogen) atoms. The lowest BCUT2D eigenvalue weighted by Gasteiger charge is -2.19. The van der Waals surface area contributed by atoms with E-state index in [4.69, 9.17) is 13.9 Å². The molecular formula is C17H19NO7S. The maximum Gasteiger partial charge on any atom is 0.341 e. The molecule has 0 radical (unpaired) electrons. The topological polar surface area (TPSA) is 103 Å². The van der Waals surface area contributed by atoms with E-state index in [1.807, 2.05) is 0 Å². The van der Waals surface area contributed by atoms with E-state index in [1.54, 1.807) is 19.1 Å². The SMILES string of the molecule is CCOC(=O)c1ccoc1COC(=O)c1ccccc1N(C)S(C)(=O)=O. The van der Waals surface area contributed by atoms with Gasteiger partial charge in [-0.05, 0) is 25.1 Å². The first-order valence-corrected chi connectivity index (χ1v) is 9.54. The third-order valence-corrected chi connectivity index (χ3v) is 4.73. The van der Waals surface area contributed by atoms with Crippen LogP contribution in [0.4, 0.5) is 5.69 Å². The molecule has 0 aliphatic carbocycles. The maximum atomic E-state index is 12.4. The number of rotatable bonds is 7. The van der Waals surface area contributed by atoms with E-state index in [0.29, 0.717) is 0 Å². The molecule has 2 rings (SSSR count). The van der Waals surface area contributed by atoms with E-state index in [2.05, 4.69) is 0 Å². The number of sulfonamides is 1. The highest BCUT2D eigenvalue weighted by Crippen LogP contribution is 2.23. The van der Waals surface area contributed by atoms with Gasteiger partial charge in [-0.3, -0.25) is 4.31 Å². The van der Waals surface area contributed by atoms with Gasteiger partial charge >= 0.3 is 11.9 Å². The molecule has 2 aromatic rings. The lowest BCUT2D eigenvalue weighted by Crippen LogP contribution is -2.27. The summed E-state index contributed by atoms with van der Waals surface area (Å²) in [6.45, 7) is 1.58. The standard InChI is InChI=1S/C17H19NO7S/c1-4-23-17(20)13-9-10-24-15(13)11-25-16(19)12-7-5-6-8-14(12)18(2)26(3,21)22/h5-10H,4,11H2,1-3H3. The van der Waals surface area contributed by atoms with Crippen LogP contribution in [-0.2, 0) is 26.1 Å². The molecule has 0 aliphatic heterocycles. The van der Waals surface area contributed by atoms with Gasteiger partial charge in [-0.1, -0.05) is 12.1 Å². The average Bonchev–Trinajstić information content (AvgIpc) is 3.07. The Kier molecular flexibility index (Phi) is 6.04. The van der Waals surface area contributed by atoms with Crippen LogP contribution in [0.15, 0.2) is 41.0 Å². The van der Waals surface area contributed by atoms with Crippen molar-refractivity contribution in [3.8, 4) is 0 Å². The summed E-state index contributed by atoms with van der Waals surface area (Å²) in [5, 5.41) is 0. The number of esters is 2. The zero-order chi connectivity index (χ0) is 19.3. The Morgan fingerprint density at radius 1 is 1.08 bits per heavy atom. The van der Waals surface area contributed by atoms with Crippen molar-refractivity contribution in [1.29, 1.82) is 0 Å². The first-order valence-electron chi connectivity index (χ1n) is 7.69. The molecule has 9 heteroatoms. The summed E-state index contributed by atoms with van der Waals surface area (Å²) in [7, 11) is -2.21. The Hall–Kier alpha value is -2.81. The lowest BCUT2D eigenvalue weighted by molar-refractivity contribution is 0.0423. The van der Waals surface area contributed by atoms with Gasteiger partial charge < -0.3 is 13.9 Å². The number of anilines is 1. The molecule has 0 atom stereocenters. The van der Waals surface area contributed by atoms with E-state index in [9.17, 15) is 18.0 Å². The van der Waals surface area contributed by atoms with Crippen LogP contribution in [0.3, 0.4) is 0 Å². The fourth-order valence-electron chi connectivity index (χ4n) is 2.15. The zero-order valence-corrected chi connectivity index (χ0v) is 15.4. The van der Waals surface area contributed by atoms with Crippen LogP contribution in [0, 0.1) is 0 Å². The monoisotopic (exact) mass is 381 g/mol. The van der Waals surface area contributed by atoms with Crippen LogP contribution in [0.2, 0.25) is 0 Å². The molecule has 0 unspecified atom stereocenters. The highest BCUT2D eigenvalue weighted by Gasteiger charge is 2.22. The predicted octanol–water partition coefficient (Wildman–Crippen LogP) is 2.21. The summed E-state index contributed by atoms with van der Waals surface area (Å²) in [4.78, 5) is 24.2. The van der Waals surface area contributed by atoms with E-state index in [-0.39, 0.29) is 35.8 Å². The first-order chi connectivity index (χ1) is 12.3. The molecule has 0 saturated heterocycles. The van der Waals surface area contributed by atoms with Gasteiger partial charge in [-0.2, -0.15) is 0 Å². The minimum atomic E-state index is -3.55. The zero-order valence-electron chi connectivity index (χ0n) is 14.6. The molecule has 140 valence electrons. The summed E-state index contributed by atoms with van der Waals surface area (Å²) < 4.78 is 39.7. The molecular weight excluding hydrogens is 362 g/mol. The van der Waals surface area contributed by atoms with Gasteiger partial charge in [0, 0.05) is 7.05 Å². The number of hydrogen-bond donors (Lipinski definition) is 0. The van der Waals surface area contributed by atoms with Gasteiger partial charge in [0.2, 0.25) is 10.0 Å². The summed E-state index contributed by atoms with van der Waals surface area (Å²) in [6, 6.07) is 7.57. The fourth-order valence-corrected chi connectivity index (χ4v) is 2.67. The summed E-state index contributed by atoms with van der Waals surface area (Å²) in [5.41, 5.74) is 0.427. The molecule has 0 aliphatic rings. The molecule has 0 saturated carbocycles. The van der Waals surface area contributed by atoms with Crippen LogP contribution < -0.4 is 4.31 Å². The average molecular weight is 381 g/mol. The second kappa shape index (κ2) is 8.05. The van der Waals surface area contributed by atoms with Crippen LogP contribution in [0.1, 0.15) is 33.4 Å². The van der Waals surface area contributed by atoms with Crippen LogP contribution in [-0.4, -0.2) is 40.3 Å². The largest absolute Gasteiger partial charge is 0.465 e. The van der Waals surface area contributed by atoms with Crippen molar-refractivity contribution >= 4 is 27.6 Å². The maximum absolute atomic E-state index is 12.4. The fraction of sp³-hybridized carbons (Fsp3) is 0.294. The molecule has 0 spiro atoms. The number of hydrogen-bond acceptors (Lipinski definition) is 7.